The van der Waals surface area contributed by atoms with Gasteiger partial charge in [-0.1, -0.05) is 36.4 Å². The molecule has 1 aromatic heterocycles. The average Bonchev–Trinajstić information content (AvgIpc) is 2.82. The molecule has 6 nitrogen and oxygen atoms in total. The molecule has 1 heterocycles. The summed E-state index contributed by atoms with van der Waals surface area (Å²) in [6.45, 7) is 2.66. The number of hydrogen-bond acceptors (Lipinski definition) is 4. The van der Waals surface area contributed by atoms with Gasteiger partial charge in [0.1, 0.15) is 0 Å². The van der Waals surface area contributed by atoms with Crippen molar-refractivity contribution < 1.29 is 9.90 Å². The van der Waals surface area contributed by atoms with Crippen LogP contribution in [0.2, 0.25) is 0 Å². The van der Waals surface area contributed by atoms with Gasteiger partial charge in [-0.25, -0.2) is 9.48 Å². The molecule has 3 N–H and O–H groups in total. The first-order valence-electron chi connectivity index (χ1n) is 6.09. The number of aryl methyl sites for hydroxylation is 1. The summed E-state index contributed by atoms with van der Waals surface area (Å²) >= 11 is 0. The standard InChI is InChI=1S/C13H16N4O2/c1-2-9-3-5-10(6-4-9)8-17-11(7-14)12(13(18)19)15-16-17/h3-6H,2,7-8,14H2,1H3,(H,18,19). The zero-order valence-corrected chi connectivity index (χ0v) is 10.7. The minimum Gasteiger partial charge on any atom is -0.476 e. The third-order valence-electron chi connectivity index (χ3n) is 3.00. The first-order chi connectivity index (χ1) is 9.15. The predicted molar refractivity (Wildman–Crippen MR) is 69.8 cm³/mol. The van der Waals surface area contributed by atoms with Gasteiger partial charge in [0.15, 0.2) is 5.69 Å². The molecule has 0 aliphatic carbocycles. The Labute approximate surface area is 110 Å². The van der Waals surface area contributed by atoms with Crippen LogP contribution in [0.4, 0.5) is 0 Å². The van der Waals surface area contributed by atoms with Crippen LogP contribution in [-0.4, -0.2) is 26.1 Å². The molecule has 0 amide bonds. The summed E-state index contributed by atoms with van der Waals surface area (Å²) in [7, 11) is 0. The summed E-state index contributed by atoms with van der Waals surface area (Å²) in [4.78, 5) is 11.0. The van der Waals surface area contributed by atoms with E-state index in [1.54, 1.807) is 0 Å². The van der Waals surface area contributed by atoms with Gasteiger partial charge in [-0.15, -0.1) is 5.10 Å². The van der Waals surface area contributed by atoms with Crippen molar-refractivity contribution in [2.75, 3.05) is 0 Å². The zero-order chi connectivity index (χ0) is 13.8. The van der Waals surface area contributed by atoms with Crippen LogP contribution < -0.4 is 5.73 Å². The Morgan fingerprint density at radius 2 is 1.95 bits per heavy atom. The van der Waals surface area contributed by atoms with E-state index in [1.807, 2.05) is 24.3 Å². The number of nitrogens with zero attached hydrogens (tertiary/aromatic N) is 3. The summed E-state index contributed by atoms with van der Waals surface area (Å²) < 4.78 is 1.53. The molecule has 0 atom stereocenters. The van der Waals surface area contributed by atoms with Crippen molar-refractivity contribution in [3.8, 4) is 0 Å². The lowest BCUT2D eigenvalue weighted by Crippen LogP contribution is -2.13. The summed E-state index contributed by atoms with van der Waals surface area (Å²) in [5, 5.41) is 16.5. The topological polar surface area (TPSA) is 94.0 Å². The second-order valence-electron chi connectivity index (χ2n) is 4.22. The fourth-order valence-electron chi connectivity index (χ4n) is 1.88. The lowest BCUT2D eigenvalue weighted by atomic mass is 10.1. The molecule has 0 saturated heterocycles. The third-order valence-corrected chi connectivity index (χ3v) is 3.00. The maximum atomic E-state index is 11.0. The minimum absolute atomic E-state index is 0.0762. The van der Waals surface area contributed by atoms with Gasteiger partial charge in [0.2, 0.25) is 0 Å². The van der Waals surface area contributed by atoms with E-state index in [4.69, 9.17) is 10.8 Å². The van der Waals surface area contributed by atoms with E-state index in [2.05, 4.69) is 17.2 Å². The van der Waals surface area contributed by atoms with Crippen LogP contribution in [0.25, 0.3) is 0 Å². The summed E-state index contributed by atoms with van der Waals surface area (Å²) in [5.41, 5.74) is 8.22. The van der Waals surface area contributed by atoms with Crippen LogP contribution in [0.1, 0.15) is 34.2 Å². The van der Waals surface area contributed by atoms with Crippen molar-refractivity contribution >= 4 is 5.97 Å². The lowest BCUT2D eigenvalue weighted by Gasteiger charge is -2.06. The molecular weight excluding hydrogens is 244 g/mol. The predicted octanol–water partition coefficient (Wildman–Crippen LogP) is 1.05. The van der Waals surface area contributed by atoms with E-state index in [0.29, 0.717) is 12.2 Å². The SMILES string of the molecule is CCc1ccc(Cn2nnc(C(=O)O)c2CN)cc1. The van der Waals surface area contributed by atoms with Gasteiger partial charge >= 0.3 is 5.97 Å². The zero-order valence-electron chi connectivity index (χ0n) is 10.7. The highest BCUT2D eigenvalue weighted by molar-refractivity contribution is 5.86. The molecule has 0 bridgehead atoms. The smallest absolute Gasteiger partial charge is 0.358 e. The van der Waals surface area contributed by atoms with Crippen LogP contribution in [-0.2, 0) is 19.5 Å². The van der Waals surface area contributed by atoms with E-state index in [0.717, 1.165) is 12.0 Å². The molecule has 0 radical (unpaired) electrons. The first kappa shape index (κ1) is 13.2. The number of rotatable bonds is 5. The van der Waals surface area contributed by atoms with Gasteiger partial charge in [-0.05, 0) is 17.5 Å². The van der Waals surface area contributed by atoms with Crippen molar-refractivity contribution in [2.24, 2.45) is 5.73 Å². The maximum absolute atomic E-state index is 11.0. The molecule has 0 fully saturated rings. The van der Waals surface area contributed by atoms with Gasteiger partial charge in [0, 0.05) is 6.54 Å². The Balaban J connectivity index is 2.25. The second kappa shape index (κ2) is 5.62. The minimum atomic E-state index is -1.10. The van der Waals surface area contributed by atoms with Crippen molar-refractivity contribution in [3.05, 3.63) is 46.8 Å². The third kappa shape index (κ3) is 2.79. The van der Waals surface area contributed by atoms with Crippen molar-refractivity contribution in [1.82, 2.24) is 15.0 Å². The molecule has 0 saturated carbocycles. The summed E-state index contributed by atoms with van der Waals surface area (Å²) in [5.74, 6) is -1.10. The maximum Gasteiger partial charge on any atom is 0.358 e. The van der Waals surface area contributed by atoms with E-state index in [1.165, 1.54) is 10.2 Å². The largest absolute Gasteiger partial charge is 0.476 e. The number of aromatic carboxylic acids is 1. The van der Waals surface area contributed by atoms with Crippen molar-refractivity contribution in [2.45, 2.75) is 26.4 Å². The number of aromatic nitrogens is 3. The summed E-state index contributed by atoms with van der Waals surface area (Å²) in [6, 6.07) is 8.10. The van der Waals surface area contributed by atoms with E-state index < -0.39 is 5.97 Å². The highest BCUT2D eigenvalue weighted by atomic mass is 16.4. The fourth-order valence-corrected chi connectivity index (χ4v) is 1.88. The monoisotopic (exact) mass is 260 g/mol. The molecule has 2 rings (SSSR count). The van der Waals surface area contributed by atoms with Crippen LogP contribution in [0.3, 0.4) is 0 Å². The number of hydrogen-bond donors (Lipinski definition) is 2. The first-order valence-corrected chi connectivity index (χ1v) is 6.09. The molecule has 0 aliphatic rings. The van der Waals surface area contributed by atoms with Crippen LogP contribution >= 0.6 is 0 Å². The number of carboxylic acid groups (broad SMARTS) is 1. The molecule has 2 aromatic rings. The molecule has 6 heteroatoms. The van der Waals surface area contributed by atoms with Crippen LogP contribution in [0.5, 0.6) is 0 Å². The molecule has 0 unspecified atom stereocenters. The number of carboxylic acids is 1. The number of carbonyl (C=O) groups is 1. The molecule has 0 aliphatic heterocycles. The van der Waals surface area contributed by atoms with Crippen molar-refractivity contribution in [1.29, 1.82) is 0 Å². The van der Waals surface area contributed by atoms with Gasteiger partial charge in [-0.3, -0.25) is 0 Å². The second-order valence-corrected chi connectivity index (χ2v) is 4.22. The van der Waals surface area contributed by atoms with Gasteiger partial charge in [0.25, 0.3) is 0 Å². The van der Waals surface area contributed by atoms with Crippen LogP contribution in [0, 0.1) is 0 Å². The molecule has 100 valence electrons. The Bertz CT molecular complexity index is 575. The summed E-state index contributed by atoms with van der Waals surface area (Å²) in [6.07, 6.45) is 0.987. The molecule has 0 spiro atoms. The van der Waals surface area contributed by atoms with Crippen LogP contribution in [0.15, 0.2) is 24.3 Å². The Hall–Kier alpha value is -2.21. The number of nitrogens with two attached hydrogens (primary N) is 1. The van der Waals surface area contributed by atoms with Gasteiger partial charge < -0.3 is 10.8 Å². The molecule has 19 heavy (non-hydrogen) atoms. The Kier molecular flexibility index (Phi) is 3.91. The normalized spacial score (nSPS) is 10.6. The van der Waals surface area contributed by atoms with E-state index >= 15 is 0 Å². The van der Waals surface area contributed by atoms with Gasteiger partial charge in [-0.2, -0.15) is 0 Å². The Morgan fingerprint density at radius 1 is 1.32 bits per heavy atom. The number of benzene rings is 1. The highest BCUT2D eigenvalue weighted by Gasteiger charge is 2.17. The quantitative estimate of drug-likeness (QED) is 0.837. The fraction of sp³-hybridized carbons (Fsp3) is 0.308. The highest BCUT2D eigenvalue weighted by Crippen LogP contribution is 2.10. The van der Waals surface area contributed by atoms with E-state index in [9.17, 15) is 4.79 Å². The van der Waals surface area contributed by atoms with Gasteiger partial charge in [0.05, 0.1) is 12.2 Å². The molecule has 1 aromatic carbocycles. The van der Waals surface area contributed by atoms with E-state index in [-0.39, 0.29) is 12.2 Å². The Morgan fingerprint density at radius 3 is 2.47 bits per heavy atom. The van der Waals surface area contributed by atoms with Crippen molar-refractivity contribution in [3.63, 3.8) is 0 Å². The average molecular weight is 260 g/mol. The molecular formula is C13H16N4O2. The lowest BCUT2D eigenvalue weighted by molar-refractivity contribution is 0.0689.